The molecule has 9 nitrogen and oxygen atoms in total. The van der Waals surface area contributed by atoms with Gasteiger partial charge in [-0.3, -0.25) is 19.3 Å². The number of rotatable bonds is 8. The second-order valence-corrected chi connectivity index (χ2v) is 11.2. The number of benzene rings is 3. The van der Waals surface area contributed by atoms with E-state index in [4.69, 9.17) is 4.74 Å². The van der Waals surface area contributed by atoms with Crippen LogP contribution in [0.15, 0.2) is 91.1 Å². The van der Waals surface area contributed by atoms with E-state index in [1.807, 2.05) is 70.4 Å². The number of fused-ring (bicyclic) bond motifs is 10. The first-order chi connectivity index (χ1) is 20.6. The third kappa shape index (κ3) is 8.30. The summed E-state index contributed by atoms with van der Waals surface area (Å²) in [5.41, 5.74) is 2.24. The first-order valence-corrected chi connectivity index (χ1v) is 14.4. The monoisotopic (exact) mass is 584 g/mol. The van der Waals surface area contributed by atoms with E-state index >= 15 is 0 Å². The molecule has 2 heterocycles. The van der Waals surface area contributed by atoms with Crippen molar-refractivity contribution in [2.24, 2.45) is 5.92 Å². The van der Waals surface area contributed by atoms with Crippen LogP contribution in [0.4, 0.5) is 0 Å². The Morgan fingerprint density at radius 3 is 2.16 bits per heavy atom. The standard InChI is InChI=1S/C34H40N4O5/c1-22(2)31-29(37-32(40)27(38(3)4)21-24-11-7-5-8-12-24)34(42)36-28(30(39)25-13-9-6-10-14-25)33(41)35-20-19-23-15-17-26(43-31)18-16-23/h5-20,22,27-31,39H,21H2,1-4H3,(H,35,41)(H,36,42)(H,37,40)/b20-19-/t27-,28+,29-,30+,31-/m0/s1. The van der Waals surface area contributed by atoms with Gasteiger partial charge in [0.1, 0.15) is 30.0 Å². The lowest BCUT2D eigenvalue weighted by atomic mass is 9.95. The lowest BCUT2D eigenvalue weighted by molar-refractivity contribution is -0.137. The average molecular weight is 585 g/mol. The smallest absolute Gasteiger partial charge is 0.249 e. The molecule has 0 aliphatic carbocycles. The van der Waals surface area contributed by atoms with Crippen molar-refractivity contribution in [2.45, 2.75) is 50.6 Å². The molecule has 3 aromatic rings. The van der Waals surface area contributed by atoms with Crippen molar-refractivity contribution in [1.82, 2.24) is 20.9 Å². The largest absolute Gasteiger partial charge is 0.487 e. The molecule has 0 saturated heterocycles. The molecule has 5 atom stereocenters. The van der Waals surface area contributed by atoms with Crippen molar-refractivity contribution in [3.8, 4) is 5.75 Å². The van der Waals surface area contributed by atoms with E-state index in [0.29, 0.717) is 17.7 Å². The van der Waals surface area contributed by atoms with Gasteiger partial charge < -0.3 is 25.8 Å². The molecule has 0 spiro atoms. The molecule has 3 amide bonds. The highest BCUT2D eigenvalue weighted by molar-refractivity contribution is 5.94. The van der Waals surface area contributed by atoms with E-state index in [-0.39, 0.29) is 11.8 Å². The van der Waals surface area contributed by atoms with Crippen LogP contribution in [0.3, 0.4) is 0 Å². The molecule has 0 unspecified atom stereocenters. The molecule has 5 rings (SSSR count). The Hall–Kier alpha value is -4.47. The second kappa shape index (κ2) is 14.6. The number of hydrogen-bond donors (Lipinski definition) is 4. The van der Waals surface area contributed by atoms with Crippen LogP contribution < -0.4 is 20.7 Å². The summed E-state index contributed by atoms with van der Waals surface area (Å²) in [6.45, 7) is 3.79. The van der Waals surface area contributed by atoms with Crippen molar-refractivity contribution < 1.29 is 24.2 Å². The minimum Gasteiger partial charge on any atom is -0.487 e. The van der Waals surface area contributed by atoms with Gasteiger partial charge in [0.05, 0.1) is 6.04 Å². The second-order valence-electron chi connectivity index (χ2n) is 11.2. The van der Waals surface area contributed by atoms with Crippen LogP contribution in [0.25, 0.3) is 6.08 Å². The predicted octanol–water partition coefficient (Wildman–Crippen LogP) is 3.07. The number of aliphatic hydroxyl groups is 1. The summed E-state index contributed by atoms with van der Waals surface area (Å²) in [4.78, 5) is 43.1. The first kappa shape index (κ1) is 31.5. The summed E-state index contributed by atoms with van der Waals surface area (Å²) in [5.74, 6) is -1.33. The molecular weight excluding hydrogens is 544 g/mol. The first-order valence-electron chi connectivity index (χ1n) is 14.4. The molecule has 2 aliphatic heterocycles. The maximum atomic E-state index is 14.1. The molecule has 0 aromatic heterocycles. The van der Waals surface area contributed by atoms with Crippen LogP contribution in [-0.2, 0) is 20.8 Å². The summed E-state index contributed by atoms with van der Waals surface area (Å²) in [6.07, 6.45) is 1.44. The van der Waals surface area contributed by atoms with Gasteiger partial charge in [0, 0.05) is 6.20 Å². The quantitative estimate of drug-likeness (QED) is 0.323. The number of ether oxygens (including phenoxy) is 1. The lowest BCUT2D eigenvalue weighted by Gasteiger charge is -2.34. The van der Waals surface area contributed by atoms with Crippen molar-refractivity contribution >= 4 is 23.8 Å². The fraction of sp³-hybridized carbons (Fsp3) is 0.324. The number of carbonyl (C=O) groups is 3. The van der Waals surface area contributed by atoms with Gasteiger partial charge in [-0.1, -0.05) is 86.6 Å². The highest BCUT2D eigenvalue weighted by Crippen LogP contribution is 2.22. The Labute approximate surface area is 252 Å². The number of aliphatic hydroxyl groups excluding tert-OH is 1. The number of nitrogens with zero attached hydrogens (tertiary/aromatic N) is 1. The van der Waals surface area contributed by atoms with Gasteiger partial charge in [-0.05, 0) is 61.3 Å². The lowest BCUT2D eigenvalue weighted by Crippen LogP contribution is -2.62. The molecule has 4 N–H and O–H groups in total. The van der Waals surface area contributed by atoms with Gasteiger partial charge in [0.25, 0.3) is 0 Å². The van der Waals surface area contributed by atoms with E-state index in [9.17, 15) is 19.5 Å². The van der Waals surface area contributed by atoms with E-state index in [1.54, 1.807) is 53.4 Å². The molecule has 226 valence electrons. The fourth-order valence-electron chi connectivity index (χ4n) is 4.98. The van der Waals surface area contributed by atoms with Crippen molar-refractivity contribution in [2.75, 3.05) is 14.1 Å². The topological polar surface area (TPSA) is 120 Å². The van der Waals surface area contributed by atoms with Gasteiger partial charge in [0.2, 0.25) is 17.7 Å². The Morgan fingerprint density at radius 1 is 0.930 bits per heavy atom. The number of amides is 3. The van der Waals surface area contributed by atoms with E-state index in [0.717, 1.165) is 11.1 Å². The fourth-order valence-corrected chi connectivity index (χ4v) is 4.98. The number of likely N-dealkylation sites (N-methyl/N-ethyl adjacent to an activating group) is 1. The third-order valence-corrected chi connectivity index (χ3v) is 7.45. The molecule has 43 heavy (non-hydrogen) atoms. The Kier molecular flexibility index (Phi) is 10.7. The van der Waals surface area contributed by atoms with Gasteiger partial charge in [0.15, 0.2) is 0 Å². The van der Waals surface area contributed by atoms with Crippen LogP contribution in [0.2, 0.25) is 0 Å². The maximum Gasteiger partial charge on any atom is 0.249 e. The van der Waals surface area contributed by atoms with E-state index < -0.39 is 42.1 Å². The van der Waals surface area contributed by atoms with Crippen molar-refractivity contribution in [1.29, 1.82) is 0 Å². The van der Waals surface area contributed by atoms with Crippen LogP contribution in [0, 0.1) is 5.92 Å². The Morgan fingerprint density at radius 2 is 1.56 bits per heavy atom. The Balaban J connectivity index is 1.72. The number of hydrogen-bond acceptors (Lipinski definition) is 6. The zero-order chi connectivity index (χ0) is 30.9. The summed E-state index contributed by atoms with van der Waals surface area (Å²) >= 11 is 0. The molecule has 0 saturated carbocycles. The van der Waals surface area contributed by atoms with Crippen LogP contribution in [0.1, 0.15) is 36.6 Å². The highest BCUT2D eigenvalue weighted by Gasteiger charge is 2.39. The SMILES string of the molecule is CC(C)[C@@H]1Oc2ccc(cc2)/C=C\NC(=O)[C@@H]([C@H](O)c2ccccc2)NC(=O)[C@H]1NC(=O)[C@H](Cc1ccccc1)N(C)C. The molecule has 2 aliphatic rings. The summed E-state index contributed by atoms with van der Waals surface area (Å²) in [7, 11) is 3.62. The number of nitrogens with one attached hydrogen (secondary N) is 3. The van der Waals surface area contributed by atoms with Gasteiger partial charge >= 0.3 is 0 Å². The van der Waals surface area contributed by atoms with E-state index in [1.165, 1.54) is 6.20 Å². The maximum absolute atomic E-state index is 14.1. The normalized spacial score (nSPS) is 21.2. The van der Waals surface area contributed by atoms with Crippen LogP contribution in [0.5, 0.6) is 5.75 Å². The average Bonchev–Trinajstić information content (AvgIpc) is 3.00. The molecule has 0 fully saturated rings. The minimum atomic E-state index is -1.36. The molecule has 2 bridgehead atoms. The van der Waals surface area contributed by atoms with Gasteiger partial charge in [-0.25, -0.2) is 0 Å². The summed E-state index contributed by atoms with van der Waals surface area (Å²) in [6, 6.07) is 22.3. The summed E-state index contributed by atoms with van der Waals surface area (Å²) in [5, 5.41) is 19.6. The zero-order valence-electron chi connectivity index (χ0n) is 24.9. The van der Waals surface area contributed by atoms with Gasteiger partial charge in [-0.15, -0.1) is 0 Å². The van der Waals surface area contributed by atoms with Crippen molar-refractivity contribution in [3.05, 3.63) is 108 Å². The Bertz CT molecular complexity index is 1390. The molecule has 9 heteroatoms. The predicted molar refractivity (Wildman–Crippen MR) is 166 cm³/mol. The molecule has 0 radical (unpaired) electrons. The molecular formula is C34H40N4O5. The number of carbonyl (C=O) groups excluding carboxylic acids is 3. The minimum absolute atomic E-state index is 0.221. The van der Waals surface area contributed by atoms with Crippen molar-refractivity contribution in [3.63, 3.8) is 0 Å². The van der Waals surface area contributed by atoms with Crippen LogP contribution >= 0.6 is 0 Å². The molecule has 3 aromatic carbocycles. The summed E-state index contributed by atoms with van der Waals surface area (Å²) < 4.78 is 6.35. The zero-order valence-corrected chi connectivity index (χ0v) is 24.9. The van der Waals surface area contributed by atoms with Gasteiger partial charge in [-0.2, -0.15) is 0 Å². The third-order valence-electron chi connectivity index (χ3n) is 7.45. The highest BCUT2D eigenvalue weighted by atomic mass is 16.5. The van der Waals surface area contributed by atoms with E-state index in [2.05, 4.69) is 16.0 Å². The van der Waals surface area contributed by atoms with Crippen LogP contribution in [-0.4, -0.2) is 66.1 Å².